The normalized spacial score (nSPS) is 12.7. The Kier molecular flexibility index (Phi) is 6.22. The lowest BCUT2D eigenvalue weighted by Gasteiger charge is -2.19. The highest BCUT2D eigenvalue weighted by atomic mass is 16.5. The van der Waals surface area contributed by atoms with Crippen molar-refractivity contribution in [1.29, 1.82) is 0 Å². The van der Waals surface area contributed by atoms with Crippen LogP contribution in [0.2, 0.25) is 0 Å². The number of rotatable bonds is 6. The molecule has 0 saturated carbocycles. The Morgan fingerprint density at radius 1 is 0.906 bits per heavy atom. The zero-order valence-electron chi connectivity index (χ0n) is 17.9. The Bertz CT molecular complexity index is 1240. The first-order chi connectivity index (χ1) is 15.5. The number of nitrogens with zero attached hydrogens (tertiary/aromatic N) is 2. The van der Waals surface area contributed by atoms with Crippen molar-refractivity contribution >= 4 is 22.8 Å². The SMILES string of the molecule is CC(OC(=O)c1cc(-c2ccncc2)nc2ccccc12)C(=O)NC(C)c1ccccc1. The summed E-state index contributed by atoms with van der Waals surface area (Å²) in [6.07, 6.45) is 2.39. The van der Waals surface area contributed by atoms with Crippen LogP contribution in [0.4, 0.5) is 0 Å². The highest BCUT2D eigenvalue weighted by Crippen LogP contribution is 2.25. The topological polar surface area (TPSA) is 81.2 Å². The smallest absolute Gasteiger partial charge is 0.339 e. The fourth-order valence-corrected chi connectivity index (χ4v) is 3.45. The predicted octanol–water partition coefficient (Wildman–Crippen LogP) is 4.72. The number of fused-ring (bicyclic) bond motifs is 1. The lowest BCUT2D eigenvalue weighted by molar-refractivity contribution is -0.129. The molecule has 0 fully saturated rings. The second-order valence-corrected chi connectivity index (χ2v) is 7.50. The van der Waals surface area contributed by atoms with Crippen LogP contribution in [0, 0.1) is 0 Å². The lowest BCUT2D eigenvalue weighted by atomic mass is 10.0. The van der Waals surface area contributed by atoms with Gasteiger partial charge in [-0.05, 0) is 43.7 Å². The highest BCUT2D eigenvalue weighted by molar-refractivity contribution is 6.05. The summed E-state index contributed by atoms with van der Waals surface area (Å²) in [5, 5.41) is 3.56. The van der Waals surface area contributed by atoms with E-state index in [2.05, 4.69) is 15.3 Å². The molecule has 160 valence electrons. The molecular formula is C26H23N3O3. The Balaban J connectivity index is 1.56. The fraction of sp³-hybridized carbons (Fsp3) is 0.154. The number of esters is 1. The predicted molar refractivity (Wildman–Crippen MR) is 123 cm³/mol. The number of carbonyl (C=O) groups excluding carboxylic acids is 2. The van der Waals surface area contributed by atoms with E-state index in [0.717, 1.165) is 11.1 Å². The van der Waals surface area contributed by atoms with E-state index in [0.29, 0.717) is 22.2 Å². The number of hydrogen-bond acceptors (Lipinski definition) is 5. The zero-order chi connectivity index (χ0) is 22.5. The molecule has 1 amide bonds. The van der Waals surface area contributed by atoms with Crippen molar-refractivity contribution in [2.24, 2.45) is 0 Å². The van der Waals surface area contributed by atoms with Crippen LogP contribution in [0.5, 0.6) is 0 Å². The van der Waals surface area contributed by atoms with Gasteiger partial charge in [-0.1, -0.05) is 48.5 Å². The van der Waals surface area contributed by atoms with E-state index in [4.69, 9.17) is 4.74 Å². The number of para-hydroxylation sites is 1. The molecule has 4 rings (SSSR count). The number of nitrogens with one attached hydrogen (secondary N) is 1. The van der Waals surface area contributed by atoms with E-state index < -0.39 is 12.1 Å². The highest BCUT2D eigenvalue weighted by Gasteiger charge is 2.23. The number of hydrogen-bond donors (Lipinski definition) is 1. The maximum Gasteiger partial charge on any atom is 0.339 e. The van der Waals surface area contributed by atoms with Gasteiger partial charge >= 0.3 is 5.97 Å². The largest absolute Gasteiger partial charge is 0.449 e. The molecule has 0 radical (unpaired) electrons. The van der Waals surface area contributed by atoms with Gasteiger partial charge in [0.05, 0.1) is 22.8 Å². The molecule has 0 saturated heterocycles. The van der Waals surface area contributed by atoms with Crippen molar-refractivity contribution in [2.45, 2.75) is 26.0 Å². The summed E-state index contributed by atoms with van der Waals surface area (Å²) >= 11 is 0. The van der Waals surface area contributed by atoms with Gasteiger partial charge in [-0.3, -0.25) is 9.78 Å². The van der Waals surface area contributed by atoms with Gasteiger partial charge < -0.3 is 10.1 Å². The molecule has 0 aliphatic carbocycles. The van der Waals surface area contributed by atoms with Gasteiger partial charge in [0.15, 0.2) is 6.10 Å². The summed E-state index contributed by atoms with van der Waals surface area (Å²) in [6.45, 7) is 3.46. The Hall–Kier alpha value is -4.06. The van der Waals surface area contributed by atoms with Crippen LogP contribution < -0.4 is 5.32 Å². The number of aromatic nitrogens is 2. The first-order valence-electron chi connectivity index (χ1n) is 10.4. The van der Waals surface area contributed by atoms with Crippen LogP contribution in [0.1, 0.15) is 35.8 Å². The second kappa shape index (κ2) is 9.39. The second-order valence-electron chi connectivity index (χ2n) is 7.50. The standard InChI is InChI=1S/C26H23N3O3/c1-17(19-8-4-3-5-9-19)28-25(30)18(2)32-26(31)22-16-24(20-12-14-27-15-13-20)29-23-11-7-6-10-21(22)23/h3-18H,1-2H3,(H,28,30). The molecule has 2 aromatic heterocycles. The summed E-state index contributed by atoms with van der Waals surface area (Å²) < 4.78 is 5.54. The van der Waals surface area contributed by atoms with Crippen LogP contribution in [0.3, 0.4) is 0 Å². The molecule has 2 unspecified atom stereocenters. The minimum absolute atomic E-state index is 0.204. The Morgan fingerprint density at radius 2 is 1.59 bits per heavy atom. The first-order valence-corrected chi connectivity index (χ1v) is 10.4. The van der Waals surface area contributed by atoms with E-state index in [9.17, 15) is 9.59 Å². The number of amides is 1. The molecule has 0 spiro atoms. The van der Waals surface area contributed by atoms with E-state index in [-0.39, 0.29) is 11.9 Å². The third kappa shape index (κ3) is 4.64. The van der Waals surface area contributed by atoms with Crippen molar-refractivity contribution in [3.05, 3.63) is 96.3 Å². The number of ether oxygens (including phenoxy) is 1. The van der Waals surface area contributed by atoms with Gasteiger partial charge in [-0.15, -0.1) is 0 Å². The molecule has 0 aliphatic heterocycles. The van der Waals surface area contributed by atoms with Gasteiger partial charge in [0.25, 0.3) is 5.91 Å². The van der Waals surface area contributed by atoms with E-state index in [1.807, 2.05) is 73.7 Å². The minimum atomic E-state index is -0.954. The summed E-state index contributed by atoms with van der Waals surface area (Å²) in [4.78, 5) is 34.4. The van der Waals surface area contributed by atoms with Gasteiger partial charge in [0, 0.05) is 23.3 Å². The lowest BCUT2D eigenvalue weighted by Crippen LogP contribution is -2.37. The average Bonchev–Trinajstić information content (AvgIpc) is 2.84. The van der Waals surface area contributed by atoms with Crippen LogP contribution in [-0.2, 0) is 9.53 Å². The first kappa shape index (κ1) is 21.2. The molecule has 1 N–H and O–H groups in total. The molecular weight excluding hydrogens is 402 g/mol. The monoisotopic (exact) mass is 425 g/mol. The van der Waals surface area contributed by atoms with Crippen molar-refractivity contribution in [1.82, 2.24) is 15.3 Å². The molecule has 6 nitrogen and oxygen atoms in total. The molecule has 0 aliphatic rings. The molecule has 2 aromatic carbocycles. The Morgan fingerprint density at radius 3 is 2.34 bits per heavy atom. The quantitative estimate of drug-likeness (QED) is 0.452. The number of carbonyl (C=O) groups is 2. The van der Waals surface area contributed by atoms with Crippen molar-refractivity contribution in [3.63, 3.8) is 0 Å². The molecule has 2 atom stereocenters. The molecule has 2 heterocycles. The van der Waals surface area contributed by atoms with Gasteiger partial charge in [-0.2, -0.15) is 0 Å². The third-order valence-corrected chi connectivity index (χ3v) is 5.22. The summed E-state index contributed by atoms with van der Waals surface area (Å²) in [7, 11) is 0. The minimum Gasteiger partial charge on any atom is -0.449 e. The maximum absolute atomic E-state index is 13.1. The summed E-state index contributed by atoms with van der Waals surface area (Å²) in [5.41, 5.74) is 3.47. The van der Waals surface area contributed by atoms with Crippen LogP contribution >= 0.6 is 0 Å². The van der Waals surface area contributed by atoms with Crippen LogP contribution in [0.25, 0.3) is 22.2 Å². The average molecular weight is 425 g/mol. The zero-order valence-corrected chi connectivity index (χ0v) is 17.9. The Labute approximate surface area is 186 Å². The molecule has 6 heteroatoms. The van der Waals surface area contributed by atoms with Crippen molar-refractivity contribution < 1.29 is 14.3 Å². The summed E-state index contributed by atoms with van der Waals surface area (Å²) in [6, 6.07) is 22.1. The van der Waals surface area contributed by atoms with E-state index >= 15 is 0 Å². The van der Waals surface area contributed by atoms with Gasteiger partial charge in [0.1, 0.15) is 0 Å². The van der Waals surface area contributed by atoms with Crippen LogP contribution in [-0.4, -0.2) is 27.9 Å². The maximum atomic E-state index is 13.1. The number of benzene rings is 2. The third-order valence-electron chi connectivity index (χ3n) is 5.22. The van der Waals surface area contributed by atoms with Gasteiger partial charge in [-0.25, -0.2) is 9.78 Å². The fourth-order valence-electron chi connectivity index (χ4n) is 3.45. The van der Waals surface area contributed by atoms with Crippen LogP contribution in [0.15, 0.2) is 85.2 Å². The summed E-state index contributed by atoms with van der Waals surface area (Å²) in [5.74, 6) is -0.934. The number of pyridine rings is 2. The molecule has 4 aromatic rings. The molecule has 32 heavy (non-hydrogen) atoms. The van der Waals surface area contributed by atoms with Gasteiger partial charge in [0.2, 0.25) is 0 Å². The molecule has 0 bridgehead atoms. The van der Waals surface area contributed by atoms with Crippen molar-refractivity contribution in [3.8, 4) is 11.3 Å². The van der Waals surface area contributed by atoms with E-state index in [1.54, 1.807) is 25.4 Å². The van der Waals surface area contributed by atoms with E-state index in [1.165, 1.54) is 0 Å². The van der Waals surface area contributed by atoms with Crippen molar-refractivity contribution in [2.75, 3.05) is 0 Å².